The monoisotopic (exact) mass is 1960 g/mol. The van der Waals surface area contributed by atoms with Crippen molar-refractivity contribution in [2.45, 2.75) is 38.9 Å². The van der Waals surface area contributed by atoms with Crippen molar-refractivity contribution in [1.82, 2.24) is 29.1 Å². The normalized spacial score (nSPS) is 13.6. The Bertz CT molecular complexity index is 11400. The van der Waals surface area contributed by atoms with E-state index in [1.165, 1.54) is 114 Å². The molecule has 0 bridgehead atoms. The van der Waals surface area contributed by atoms with Crippen molar-refractivity contribution < 1.29 is 18.1 Å². The summed E-state index contributed by atoms with van der Waals surface area (Å²) in [4.78, 5) is 21.6. The lowest BCUT2D eigenvalue weighted by molar-refractivity contribution is 0.00578. The van der Waals surface area contributed by atoms with Crippen LogP contribution in [0.3, 0.4) is 0 Å². The second-order valence-corrected chi connectivity index (χ2v) is 44.3. The molecule has 0 saturated carbocycles. The summed E-state index contributed by atoms with van der Waals surface area (Å²) in [5, 5.41) is 33.1. The van der Waals surface area contributed by atoms with Gasteiger partial charge in [0.05, 0.1) is 55.3 Å². The van der Waals surface area contributed by atoms with Crippen LogP contribution in [0.1, 0.15) is 27.7 Å². The minimum Gasteiger partial charge on any atom is -0.454 e. The zero-order valence-corrected chi connectivity index (χ0v) is 83.0. The first-order valence-corrected chi connectivity index (χ1v) is 52.9. The predicted molar refractivity (Wildman–Crippen MR) is 622 cm³/mol. The van der Waals surface area contributed by atoms with E-state index in [0.717, 1.165) is 186 Å². The van der Waals surface area contributed by atoms with Gasteiger partial charge >= 0.3 is 7.12 Å². The van der Waals surface area contributed by atoms with Crippen LogP contribution in [-0.2, 0) is 9.31 Å². The molecule has 146 heavy (non-hydrogen) atoms. The standard InChI is InChI=1S/C62H33N3OS2.C50H26ClN3OS.C18H19BO2S/c1-2-12-40-34(11-1)25-28-49-59(40)64-62(58(63-49)38-24-27-44-42-14-7-10-20-53(42)68-55(44)33-38)65-50-18-8-5-17-47(50)56-45-15-3-4-16-46(45)57-48-30-39-29-35(21-22-36(39)31-51(48)66-61(57)60(56)65)37-23-26-43-41-13-6-9-19-52(41)67-54(43)32-37;51-49-50(53-46-32-10-2-1-9-27(32)20-22-39(46)52-49)54-40-15-7-5-14-37(40)44-35-12-3-4-13-36(35)45-38-24-31-23-28(17-18-29(31)25-41(38)55-48(45)47(44)54)30-19-21-34-33-11-6-8-16-42(33)56-43(34)26-30;1-17(2)18(3,4)21-19(20-17)12-9-10-14-13-7-5-6-8-15(13)22-16(14)11-12/h1-33H;1-26H;5-11H,1-4H3. The molecule has 0 aliphatic carbocycles. The van der Waals surface area contributed by atoms with Gasteiger partial charge < -0.3 is 18.1 Å². The largest absolute Gasteiger partial charge is 0.494 e. The SMILES string of the molecule is CC1(C)OB(c2ccc3c(c2)sc2ccccc23)OC1(C)C.Clc1nc2ccc3ccccc3c2nc1-n1c2ccccc2c2c3ccccc3c3c4cc5cc(-c6ccc7c(c6)sc6ccccc67)ccc5cc4oc3c21.c1ccc2c(c1)ccc1nc(-c3ccc4c(c3)sc3ccccc34)c(-n3c4ccccc4c4c5ccccc5c5c6cc7cc(-c8ccc9c(c8)sc8ccccc89)ccc7cc6oc5c43)nc12. The highest BCUT2D eigenvalue weighted by molar-refractivity contribution is 7.27. The summed E-state index contributed by atoms with van der Waals surface area (Å²) in [5.41, 5.74) is 17.7. The lowest BCUT2D eigenvalue weighted by Gasteiger charge is -2.32. The van der Waals surface area contributed by atoms with Crippen LogP contribution >= 0.6 is 56.9 Å². The molecule has 1 aliphatic heterocycles. The summed E-state index contributed by atoms with van der Waals surface area (Å²) in [6, 6.07) is 144. The van der Waals surface area contributed by atoms with Gasteiger partial charge in [-0.25, -0.2) is 19.9 Å². The van der Waals surface area contributed by atoms with Crippen LogP contribution in [-0.4, -0.2) is 47.4 Å². The van der Waals surface area contributed by atoms with E-state index < -0.39 is 0 Å². The molecule has 1 aliphatic rings. The molecule has 10 aromatic heterocycles. The Morgan fingerprint density at radius 3 is 1.05 bits per heavy atom. The number of hydrogen-bond acceptors (Lipinski definition) is 12. The third kappa shape index (κ3) is 12.7. The number of aromatic nitrogens is 6. The lowest BCUT2D eigenvalue weighted by Crippen LogP contribution is -2.41. The maximum absolute atomic E-state index is 7.29. The molecule has 0 amide bonds. The first-order chi connectivity index (χ1) is 71.7. The van der Waals surface area contributed by atoms with Crippen molar-refractivity contribution in [2.24, 2.45) is 0 Å². The van der Waals surface area contributed by atoms with Gasteiger partial charge in [0.25, 0.3) is 0 Å². The minimum atomic E-state index is -0.299. The van der Waals surface area contributed by atoms with Gasteiger partial charge in [0.15, 0.2) is 28.0 Å². The number of nitrogens with zero attached hydrogens (tertiary/aromatic N) is 6. The summed E-state index contributed by atoms with van der Waals surface area (Å²) >= 11 is 14.5. The number of hydrogen-bond donors (Lipinski definition) is 0. The fourth-order valence-corrected chi connectivity index (χ4v) is 28.0. The highest BCUT2D eigenvalue weighted by Gasteiger charge is 2.52. The third-order valence-electron chi connectivity index (χ3n) is 30.9. The maximum Gasteiger partial charge on any atom is 0.494 e. The molecule has 16 heteroatoms. The van der Waals surface area contributed by atoms with Gasteiger partial charge in [0, 0.05) is 140 Å². The third-order valence-corrected chi connectivity index (χ3v) is 35.7. The Hall–Kier alpha value is -16.6. The van der Waals surface area contributed by atoms with Crippen LogP contribution in [0.2, 0.25) is 5.15 Å². The molecule has 0 unspecified atom stereocenters. The van der Waals surface area contributed by atoms with Crippen molar-refractivity contribution in [2.75, 3.05) is 0 Å². The fourth-order valence-electron chi connectivity index (χ4n) is 23.2. The van der Waals surface area contributed by atoms with Crippen molar-refractivity contribution in [3.05, 3.63) is 406 Å². The molecule has 0 atom stereocenters. The first kappa shape index (κ1) is 84.0. The molecular weight excluding hydrogens is 1880 g/mol. The number of fused-ring (bicyclic) bond motifs is 40. The second-order valence-electron chi connectivity index (χ2n) is 39.6. The highest BCUT2D eigenvalue weighted by atomic mass is 35.5. The van der Waals surface area contributed by atoms with Crippen molar-refractivity contribution in [3.8, 4) is 45.1 Å². The van der Waals surface area contributed by atoms with E-state index in [2.05, 4.69) is 419 Å². The van der Waals surface area contributed by atoms with Crippen molar-refractivity contribution >= 4 is 324 Å². The van der Waals surface area contributed by atoms with E-state index in [1.54, 1.807) is 0 Å². The van der Waals surface area contributed by atoms with E-state index in [9.17, 15) is 0 Å². The molecule has 0 spiro atoms. The molecule has 11 heterocycles. The van der Waals surface area contributed by atoms with Crippen LogP contribution < -0.4 is 5.46 Å². The van der Waals surface area contributed by atoms with Crippen LogP contribution in [0.25, 0.3) is 300 Å². The van der Waals surface area contributed by atoms with Crippen molar-refractivity contribution in [3.63, 3.8) is 0 Å². The number of thiophene rings is 4. The number of benzene rings is 22. The molecule has 22 aromatic carbocycles. The van der Waals surface area contributed by atoms with Crippen LogP contribution in [0.5, 0.6) is 0 Å². The topological polar surface area (TPSA) is 106 Å². The van der Waals surface area contributed by atoms with E-state index in [-0.39, 0.29) is 18.3 Å². The Balaban J connectivity index is 0.000000111. The van der Waals surface area contributed by atoms with Gasteiger partial charge in [-0.3, -0.25) is 9.13 Å². The molecule has 33 rings (SSSR count). The summed E-state index contributed by atoms with van der Waals surface area (Å²) in [6.45, 7) is 8.35. The van der Waals surface area contributed by atoms with Crippen LogP contribution in [0.4, 0.5) is 0 Å². The van der Waals surface area contributed by atoms with Gasteiger partial charge in [0.1, 0.15) is 16.9 Å². The number of furan rings is 2. The summed E-state index contributed by atoms with van der Waals surface area (Å²) in [6.07, 6.45) is 0. The number of halogens is 1. The molecule has 1 saturated heterocycles. The zero-order valence-electron chi connectivity index (χ0n) is 79.0. The van der Waals surface area contributed by atoms with Gasteiger partial charge in [-0.05, 0) is 218 Å². The Morgan fingerprint density at radius 2 is 0.589 bits per heavy atom. The van der Waals surface area contributed by atoms with Crippen molar-refractivity contribution in [1.29, 1.82) is 0 Å². The van der Waals surface area contributed by atoms with E-state index in [4.69, 9.17) is 49.7 Å². The average molecular weight is 1960 g/mol. The Morgan fingerprint density at radius 1 is 0.253 bits per heavy atom. The van der Waals surface area contributed by atoms with Gasteiger partial charge in [-0.1, -0.05) is 303 Å². The Kier molecular flexibility index (Phi) is 18.2. The van der Waals surface area contributed by atoms with E-state index >= 15 is 0 Å². The summed E-state index contributed by atoms with van der Waals surface area (Å²) in [7, 11) is -0.292. The molecule has 686 valence electrons. The van der Waals surface area contributed by atoms with Gasteiger partial charge in [0.2, 0.25) is 0 Å². The molecule has 1 fully saturated rings. The Labute approximate surface area is 854 Å². The lowest BCUT2D eigenvalue weighted by atomic mass is 9.79. The minimum absolute atomic E-state index is 0.292. The quantitative estimate of drug-likeness (QED) is 0.120. The molecule has 0 radical (unpaired) electrons. The highest BCUT2D eigenvalue weighted by Crippen LogP contribution is 2.53. The maximum atomic E-state index is 7.29. The molecule has 32 aromatic rings. The second kappa shape index (κ2) is 31.7. The predicted octanol–water partition coefficient (Wildman–Crippen LogP) is 37.3. The number of rotatable bonds is 6. The first-order valence-electron chi connectivity index (χ1n) is 49.3. The molecule has 0 N–H and O–H groups in total. The summed E-state index contributed by atoms with van der Waals surface area (Å²) in [5.74, 6) is 1.34. The zero-order chi connectivity index (χ0) is 96.4. The fraction of sp³-hybridized carbons (Fsp3) is 0.0462. The summed E-state index contributed by atoms with van der Waals surface area (Å²) < 4.78 is 41.5. The molecule has 10 nitrogen and oxygen atoms in total. The van der Waals surface area contributed by atoms with Crippen LogP contribution in [0, 0.1) is 0 Å². The number of para-hydroxylation sites is 2. The van der Waals surface area contributed by atoms with Gasteiger partial charge in [-0.2, -0.15) is 0 Å². The van der Waals surface area contributed by atoms with Crippen LogP contribution in [0.15, 0.2) is 409 Å². The molecular formula is C130H78BClN6O4S4. The smallest absolute Gasteiger partial charge is 0.454 e. The van der Waals surface area contributed by atoms with E-state index in [1.807, 2.05) is 63.5 Å². The van der Waals surface area contributed by atoms with E-state index in [0.29, 0.717) is 11.0 Å². The average Bonchev–Trinajstić information content (AvgIpc) is 1.54. The van der Waals surface area contributed by atoms with Gasteiger partial charge in [-0.15, -0.1) is 45.3 Å².